The smallest absolute Gasteiger partial charge is 0.245 e. The monoisotopic (exact) mass is 344 g/mol. The molecular weight excluding hydrogens is 326 g/mol. The van der Waals surface area contributed by atoms with Crippen molar-refractivity contribution in [3.8, 4) is 0 Å². The van der Waals surface area contributed by atoms with Gasteiger partial charge in [0.15, 0.2) is 0 Å². The van der Waals surface area contributed by atoms with E-state index in [1.54, 1.807) is 0 Å². The van der Waals surface area contributed by atoms with Crippen LogP contribution in [0.1, 0.15) is 13.8 Å². The lowest BCUT2D eigenvalue weighted by Gasteiger charge is -2.28. The Morgan fingerprint density at radius 3 is 2.40 bits per heavy atom. The molecule has 116 valence electrons. The molecule has 1 rings (SSSR count). The molecule has 0 amide bonds. The van der Waals surface area contributed by atoms with Crippen LogP contribution in [0.2, 0.25) is 5.02 Å². The summed E-state index contributed by atoms with van der Waals surface area (Å²) in [5.74, 6) is -0.857. The summed E-state index contributed by atoms with van der Waals surface area (Å²) in [4.78, 5) is -0.382. The highest BCUT2D eigenvalue weighted by molar-refractivity contribution is 7.89. The molecule has 20 heavy (non-hydrogen) atoms. The van der Waals surface area contributed by atoms with Crippen LogP contribution < -0.4 is 5.73 Å². The summed E-state index contributed by atoms with van der Waals surface area (Å²) in [6, 6.07) is 3.49. The quantitative estimate of drug-likeness (QED) is 0.892. The minimum atomic E-state index is -3.89. The molecule has 0 bridgehead atoms. The molecule has 0 heterocycles. The largest absolute Gasteiger partial charge is 0.330 e. The van der Waals surface area contributed by atoms with Gasteiger partial charge in [0.25, 0.3) is 0 Å². The molecule has 8 heteroatoms. The third-order valence-corrected chi connectivity index (χ3v) is 4.86. The van der Waals surface area contributed by atoms with Crippen molar-refractivity contribution in [2.24, 2.45) is 11.1 Å². The van der Waals surface area contributed by atoms with E-state index in [1.165, 1.54) is 19.2 Å². The van der Waals surface area contributed by atoms with Crippen LogP contribution in [0.25, 0.3) is 0 Å². The summed E-state index contributed by atoms with van der Waals surface area (Å²) in [6.45, 7) is 4.22. The Balaban J connectivity index is 0.00000361. The van der Waals surface area contributed by atoms with Gasteiger partial charge in [-0.05, 0) is 30.2 Å². The fraction of sp³-hybridized carbons (Fsp3) is 0.500. The first-order valence-corrected chi connectivity index (χ1v) is 7.53. The Bertz CT molecular complexity index is 565. The van der Waals surface area contributed by atoms with Gasteiger partial charge in [-0.1, -0.05) is 25.4 Å². The molecule has 1 aromatic carbocycles. The normalized spacial score (nSPS) is 12.3. The first-order valence-electron chi connectivity index (χ1n) is 5.71. The average molecular weight is 345 g/mol. The highest BCUT2D eigenvalue weighted by Gasteiger charge is 2.29. The molecule has 0 saturated heterocycles. The first-order chi connectivity index (χ1) is 8.60. The van der Waals surface area contributed by atoms with Crippen molar-refractivity contribution in [3.05, 3.63) is 29.0 Å². The molecule has 0 fully saturated rings. The molecule has 0 atom stereocenters. The number of halogens is 3. The molecule has 0 spiro atoms. The molecule has 1 aromatic rings. The minimum absolute atomic E-state index is 0. The first kappa shape index (κ1) is 19.6. The Morgan fingerprint density at radius 1 is 1.40 bits per heavy atom. The molecule has 0 saturated carbocycles. The van der Waals surface area contributed by atoms with Gasteiger partial charge in [-0.3, -0.25) is 0 Å². The van der Waals surface area contributed by atoms with Gasteiger partial charge in [-0.15, -0.1) is 12.4 Å². The minimum Gasteiger partial charge on any atom is -0.330 e. The molecule has 0 radical (unpaired) electrons. The maximum absolute atomic E-state index is 13.7. The van der Waals surface area contributed by atoms with Gasteiger partial charge in [0.2, 0.25) is 10.0 Å². The Hall–Kier alpha value is -0.400. The van der Waals surface area contributed by atoms with Crippen LogP contribution in [0.5, 0.6) is 0 Å². The zero-order chi connectivity index (χ0) is 14.8. The lowest BCUT2D eigenvalue weighted by atomic mass is 9.94. The summed E-state index contributed by atoms with van der Waals surface area (Å²) in [5.41, 5.74) is 5.19. The number of nitrogens with zero attached hydrogens (tertiary/aromatic N) is 1. The summed E-state index contributed by atoms with van der Waals surface area (Å²) in [7, 11) is -2.48. The van der Waals surface area contributed by atoms with E-state index in [1.807, 2.05) is 13.8 Å². The van der Waals surface area contributed by atoms with Crippen molar-refractivity contribution in [1.82, 2.24) is 4.31 Å². The second-order valence-corrected chi connectivity index (χ2v) is 7.65. The Morgan fingerprint density at radius 2 is 1.95 bits per heavy atom. The lowest BCUT2D eigenvalue weighted by Crippen LogP contribution is -2.39. The number of rotatable bonds is 5. The molecule has 0 aliphatic carbocycles. The molecule has 0 aliphatic rings. The third kappa shape index (κ3) is 4.56. The van der Waals surface area contributed by atoms with Crippen molar-refractivity contribution in [2.75, 3.05) is 20.1 Å². The van der Waals surface area contributed by atoms with Crippen LogP contribution in [-0.4, -0.2) is 32.9 Å². The van der Waals surface area contributed by atoms with Crippen LogP contribution in [0, 0.1) is 11.2 Å². The zero-order valence-corrected chi connectivity index (χ0v) is 13.9. The summed E-state index contributed by atoms with van der Waals surface area (Å²) < 4.78 is 39.3. The van der Waals surface area contributed by atoms with Crippen LogP contribution in [0.15, 0.2) is 23.1 Å². The van der Waals surface area contributed by atoms with E-state index in [4.69, 9.17) is 17.3 Å². The van der Waals surface area contributed by atoms with Crippen LogP contribution >= 0.6 is 24.0 Å². The van der Waals surface area contributed by atoms with Gasteiger partial charge < -0.3 is 5.73 Å². The molecular formula is C12H19Cl2FN2O2S. The van der Waals surface area contributed by atoms with E-state index < -0.39 is 15.8 Å². The summed E-state index contributed by atoms with van der Waals surface area (Å²) in [5, 5.41) is 0.154. The van der Waals surface area contributed by atoms with Crippen LogP contribution in [0.3, 0.4) is 0 Å². The maximum atomic E-state index is 13.7. The summed E-state index contributed by atoms with van der Waals surface area (Å²) in [6.07, 6.45) is 0. The van der Waals surface area contributed by atoms with Gasteiger partial charge in [0, 0.05) is 18.6 Å². The van der Waals surface area contributed by atoms with Gasteiger partial charge in [-0.2, -0.15) is 0 Å². The molecule has 0 aromatic heterocycles. The van der Waals surface area contributed by atoms with Gasteiger partial charge in [-0.25, -0.2) is 17.1 Å². The second kappa shape index (κ2) is 7.04. The average Bonchev–Trinajstić information content (AvgIpc) is 2.27. The predicted octanol–water partition coefficient (Wildman–Crippen LogP) is 2.51. The zero-order valence-electron chi connectivity index (χ0n) is 11.6. The maximum Gasteiger partial charge on any atom is 0.245 e. The molecule has 2 N–H and O–H groups in total. The summed E-state index contributed by atoms with van der Waals surface area (Å²) >= 11 is 5.61. The third-order valence-electron chi connectivity index (χ3n) is 2.79. The van der Waals surface area contributed by atoms with E-state index in [0.29, 0.717) is 6.54 Å². The molecule has 0 aliphatic heterocycles. The van der Waals surface area contributed by atoms with Gasteiger partial charge >= 0.3 is 0 Å². The second-order valence-electron chi connectivity index (χ2n) is 5.20. The van der Waals surface area contributed by atoms with Crippen LogP contribution in [0.4, 0.5) is 4.39 Å². The number of nitrogens with two attached hydrogens (primary N) is 1. The standard InChI is InChI=1S/C12H18ClFN2O2S.ClH/c1-12(2,7-15)8-16(3)19(17,18)11-5-4-9(13)6-10(11)14;/h4-6H,7-8,15H2,1-3H3;1H. The van der Waals surface area contributed by atoms with Crippen molar-refractivity contribution < 1.29 is 12.8 Å². The number of hydrogen-bond donors (Lipinski definition) is 1. The molecule has 0 unspecified atom stereocenters. The fourth-order valence-corrected chi connectivity index (χ4v) is 3.16. The Kier molecular flexibility index (Phi) is 6.90. The fourth-order valence-electron chi connectivity index (χ4n) is 1.60. The van der Waals surface area contributed by atoms with E-state index in [-0.39, 0.29) is 34.3 Å². The van der Waals surface area contributed by atoms with Gasteiger partial charge in [0.1, 0.15) is 10.7 Å². The van der Waals surface area contributed by atoms with Gasteiger partial charge in [0.05, 0.1) is 0 Å². The topological polar surface area (TPSA) is 63.4 Å². The SMILES string of the molecule is CN(CC(C)(C)CN)S(=O)(=O)c1ccc(Cl)cc1F.Cl. The highest BCUT2D eigenvalue weighted by atomic mass is 35.5. The number of hydrogen-bond acceptors (Lipinski definition) is 3. The van der Waals surface area contributed by atoms with Crippen molar-refractivity contribution in [1.29, 1.82) is 0 Å². The van der Waals surface area contributed by atoms with E-state index in [9.17, 15) is 12.8 Å². The molecule has 4 nitrogen and oxygen atoms in total. The van der Waals surface area contributed by atoms with E-state index in [0.717, 1.165) is 10.4 Å². The highest BCUT2D eigenvalue weighted by Crippen LogP contribution is 2.24. The number of sulfonamides is 1. The van der Waals surface area contributed by atoms with E-state index >= 15 is 0 Å². The lowest BCUT2D eigenvalue weighted by molar-refractivity contribution is 0.291. The van der Waals surface area contributed by atoms with Crippen molar-refractivity contribution >= 4 is 34.0 Å². The predicted molar refractivity (Wildman–Crippen MR) is 81.3 cm³/mol. The van der Waals surface area contributed by atoms with E-state index in [2.05, 4.69) is 0 Å². The van der Waals surface area contributed by atoms with Crippen molar-refractivity contribution in [2.45, 2.75) is 18.7 Å². The number of benzene rings is 1. The Labute approximate surface area is 130 Å². The van der Waals surface area contributed by atoms with Crippen molar-refractivity contribution in [3.63, 3.8) is 0 Å². The van der Waals surface area contributed by atoms with Crippen LogP contribution in [-0.2, 0) is 10.0 Å².